The molecule has 1 amide bonds. The maximum absolute atomic E-state index is 16.6. The summed E-state index contributed by atoms with van der Waals surface area (Å²) in [5.41, 5.74) is 3.65. The fourth-order valence-corrected chi connectivity index (χ4v) is 7.17. The Bertz CT molecular complexity index is 1670. The molecule has 2 aliphatic carbocycles. The Kier molecular flexibility index (Phi) is 6.96. The molecule has 9 nitrogen and oxygen atoms in total. The van der Waals surface area contributed by atoms with Crippen LogP contribution in [0.25, 0.3) is 22.2 Å². The van der Waals surface area contributed by atoms with Gasteiger partial charge in [-0.25, -0.2) is 8.78 Å². The Morgan fingerprint density at radius 3 is 2.86 bits per heavy atom. The van der Waals surface area contributed by atoms with Crippen LogP contribution in [0.5, 0.6) is 6.01 Å². The lowest BCUT2D eigenvalue weighted by Gasteiger charge is -2.41. The highest BCUT2D eigenvalue weighted by Crippen LogP contribution is 2.58. The summed E-state index contributed by atoms with van der Waals surface area (Å²) in [5.74, 6) is -0.917. The molecule has 43 heavy (non-hydrogen) atoms. The highest BCUT2D eigenvalue weighted by atomic mass is 19.1. The van der Waals surface area contributed by atoms with E-state index in [-0.39, 0.29) is 49.3 Å². The van der Waals surface area contributed by atoms with Crippen molar-refractivity contribution in [3.05, 3.63) is 53.7 Å². The molecule has 3 aromatic rings. The number of ether oxygens (including phenoxy) is 1. The molecule has 0 spiro atoms. The van der Waals surface area contributed by atoms with Crippen molar-refractivity contribution in [1.29, 1.82) is 5.26 Å². The molecule has 4 heterocycles. The van der Waals surface area contributed by atoms with Crippen LogP contribution in [0.1, 0.15) is 42.7 Å². The minimum atomic E-state index is -1.07. The van der Waals surface area contributed by atoms with Crippen molar-refractivity contribution in [2.75, 3.05) is 44.7 Å². The van der Waals surface area contributed by atoms with Gasteiger partial charge >= 0.3 is 6.01 Å². The Morgan fingerprint density at radius 1 is 1.23 bits per heavy atom. The van der Waals surface area contributed by atoms with Crippen LogP contribution in [0.2, 0.25) is 0 Å². The fraction of sp³-hybridized carbons (Fsp3) is 0.469. The molecule has 0 bridgehead atoms. The number of rotatable bonds is 7. The van der Waals surface area contributed by atoms with Gasteiger partial charge in [0, 0.05) is 37.4 Å². The molecule has 3 fully saturated rings. The van der Waals surface area contributed by atoms with Crippen LogP contribution in [0.4, 0.5) is 14.6 Å². The van der Waals surface area contributed by atoms with Crippen molar-refractivity contribution in [3.63, 3.8) is 0 Å². The number of carbonyl (C=O) groups excluding carboxylic acids is 1. The molecule has 0 radical (unpaired) electrons. The van der Waals surface area contributed by atoms with Crippen LogP contribution in [0, 0.1) is 23.1 Å². The van der Waals surface area contributed by atoms with Crippen molar-refractivity contribution in [2.24, 2.45) is 5.92 Å². The van der Waals surface area contributed by atoms with Gasteiger partial charge in [-0.1, -0.05) is 24.8 Å². The fourth-order valence-electron chi connectivity index (χ4n) is 7.17. The molecule has 4 aliphatic rings. The Labute approximate surface area is 248 Å². The van der Waals surface area contributed by atoms with E-state index >= 15 is 4.39 Å². The quantitative estimate of drug-likeness (QED) is 0.377. The SMILES string of the molecule is C=C(F)C(=O)N1CCN(c2nc(OCC3CCCN3C)nc3c(F)c(-c4cccc5c4C4CC4C5)ncc23)C[C@@H]1CC#N. The second-order valence-electron chi connectivity index (χ2n) is 12.2. The molecule has 2 aliphatic heterocycles. The number of carbonyl (C=O) groups is 1. The van der Waals surface area contributed by atoms with E-state index in [1.807, 2.05) is 17.0 Å². The van der Waals surface area contributed by atoms with E-state index < -0.39 is 23.6 Å². The number of hydrogen-bond acceptors (Lipinski definition) is 8. The molecule has 1 aromatic carbocycles. The first-order valence-electron chi connectivity index (χ1n) is 14.9. The number of nitrogens with zero attached hydrogens (tertiary/aromatic N) is 7. The number of benzene rings is 1. The monoisotopic (exact) mass is 585 g/mol. The van der Waals surface area contributed by atoms with Crippen LogP contribution in [0.3, 0.4) is 0 Å². The van der Waals surface area contributed by atoms with Crippen LogP contribution >= 0.6 is 0 Å². The van der Waals surface area contributed by atoms with Crippen molar-refractivity contribution in [2.45, 2.75) is 50.1 Å². The Balaban J connectivity index is 1.29. The Hall–Kier alpha value is -4.17. The standard InChI is InChI=1S/C32H33F2N7O2/c1-18(33)31(42)41-12-11-40(16-21(41)8-9-35)30-25-15-36-28(23-7-3-5-19-13-20-14-24(20)26(19)23)27(34)29(25)37-32(38-30)43-17-22-6-4-10-39(22)2/h3,5,7,15,20-22,24H,1,4,6,8,10-14,16-17H2,2H3/t20?,21-,22?,24?/m0/s1. The van der Waals surface area contributed by atoms with Gasteiger partial charge in [0.05, 0.1) is 23.9 Å². The zero-order valence-corrected chi connectivity index (χ0v) is 24.1. The van der Waals surface area contributed by atoms with Gasteiger partial charge in [-0.2, -0.15) is 15.2 Å². The van der Waals surface area contributed by atoms with Crippen molar-refractivity contribution < 1.29 is 18.3 Å². The predicted molar refractivity (Wildman–Crippen MR) is 157 cm³/mol. The first-order valence-corrected chi connectivity index (χ1v) is 14.9. The number of likely N-dealkylation sites (N-methyl/N-ethyl adjacent to an activating group) is 1. The number of pyridine rings is 1. The molecule has 11 heteroatoms. The summed E-state index contributed by atoms with van der Waals surface area (Å²) in [7, 11) is 2.05. The number of anilines is 1. The maximum Gasteiger partial charge on any atom is 0.319 e. The normalized spacial score (nSPS) is 24.5. The molecule has 3 unspecified atom stereocenters. The number of aromatic nitrogens is 3. The molecular weight excluding hydrogens is 552 g/mol. The van der Waals surface area contributed by atoms with E-state index in [2.05, 4.69) is 40.6 Å². The number of fused-ring (bicyclic) bond motifs is 4. The van der Waals surface area contributed by atoms with Gasteiger partial charge in [-0.15, -0.1) is 0 Å². The summed E-state index contributed by atoms with van der Waals surface area (Å²) in [4.78, 5) is 31.8. The number of hydrogen-bond donors (Lipinski definition) is 0. The second kappa shape index (κ2) is 10.8. The van der Waals surface area contributed by atoms with Gasteiger partial charge in [0.15, 0.2) is 11.6 Å². The smallest absolute Gasteiger partial charge is 0.319 e. The highest BCUT2D eigenvalue weighted by molar-refractivity contribution is 5.93. The lowest BCUT2D eigenvalue weighted by molar-refractivity contribution is -0.131. The number of piperazine rings is 1. The number of halogens is 2. The first-order chi connectivity index (χ1) is 20.8. The van der Waals surface area contributed by atoms with Gasteiger partial charge in [-0.05, 0) is 62.2 Å². The lowest BCUT2D eigenvalue weighted by atomic mass is 9.96. The van der Waals surface area contributed by atoms with Crippen LogP contribution < -0.4 is 9.64 Å². The summed E-state index contributed by atoms with van der Waals surface area (Å²) < 4.78 is 36.4. The van der Waals surface area contributed by atoms with Crippen LogP contribution in [0.15, 0.2) is 36.8 Å². The molecule has 2 aromatic heterocycles. The lowest BCUT2D eigenvalue weighted by Crippen LogP contribution is -2.55. The third-order valence-corrected chi connectivity index (χ3v) is 9.55. The zero-order valence-electron chi connectivity index (χ0n) is 24.1. The van der Waals surface area contributed by atoms with Crippen LogP contribution in [-0.4, -0.2) is 82.6 Å². The third kappa shape index (κ3) is 4.87. The summed E-state index contributed by atoms with van der Waals surface area (Å²) in [6.07, 6.45) is 5.83. The van der Waals surface area contributed by atoms with Gasteiger partial charge in [-0.3, -0.25) is 9.78 Å². The summed E-state index contributed by atoms with van der Waals surface area (Å²) in [6.45, 7) is 5.13. The largest absolute Gasteiger partial charge is 0.462 e. The third-order valence-electron chi connectivity index (χ3n) is 9.55. The van der Waals surface area contributed by atoms with Crippen molar-refractivity contribution in [3.8, 4) is 23.3 Å². The molecule has 7 rings (SSSR count). The van der Waals surface area contributed by atoms with E-state index in [1.165, 1.54) is 16.0 Å². The van der Waals surface area contributed by atoms with E-state index in [0.717, 1.165) is 37.8 Å². The first kappa shape index (κ1) is 27.7. The highest BCUT2D eigenvalue weighted by Gasteiger charge is 2.46. The minimum Gasteiger partial charge on any atom is -0.462 e. The topological polar surface area (TPSA) is 98.5 Å². The van der Waals surface area contributed by atoms with E-state index in [4.69, 9.17) is 9.72 Å². The number of nitriles is 1. The molecule has 0 N–H and O–H groups in total. The molecule has 222 valence electrons. The van der Waals surface area contributed by atoms with E-state index in [1.54, 1.807) is 6.20 Å². The molecule has 4 atom stereocenters. The molecule has 2 saturated heterocycles. The maximum atomic E-state index is 16.6. The Morgan fingerprint density at radius 2 is 2.09 bits per heavy atom. The minimum absolute atomic E-state index is 0.00601. The number of amides is 1. The average molecular weight is 586 g/mol. The molecular formula is C32H33F2N7O2. The molecule has 1 saturated carbocycles. The second-order valence-corrected chi connectivity index (χ2v) is 12.2. The van der Waals surface area contributed by atoms with Crippen molar-refractivity contribution >= 4 is 22.6 Å². The predicted octanol–water partition coefficient (Wildman–Crippen LogP) is 4.38. The van der Waals surface area contributed by atoms with Crippen molar-refractivity contribution in [1.82, 2.24) is 24.8 Å². The summed E-state index contributed by atoms with van der Waals surface area (Å²) >= 11 is 0. The van der Waals surface area contributed by atoms with Gasteiger partial charge in [0.2, 0.25) is 0 Å². The summed E-state index contributed by atoms with van der Waals surface area (Å²) in [6, 6.07) is 7.79. The zero-order chi connectivity index (χ0) is 29.8. The van der Waals surface area contributed by atoms with E-state index in [9.17, 15) is 14.4 Å². The van der Waals surface area contributed by atoms with Crippen LogP contribution in [-0.2, 0) is 11.2 Å². The van der Waals surface area contributed by atoms with E-state index in [0.29, 0.717) is 29.6 Å². The van der Waals surface area contributed by atoms with Gasteiger partial charge in [0.1, 0.15) is 23.6 Å². The van der Waals surface area contributed by atoms with Gasteiger partial charge in [0.25, 0.3) is 5.91 Å². The summed E-state index contributed by atoms with van der Waals surface area (Å²) in [5, 5.41) is 9.87. The number of likely N-dealkylation sites (tertiary alicyclic amines) is 1. The average Bonchev–Trinajstić information content (AvgIpc) is 3.48. The van der Waals surface area contributed by atoms with Gasteiger partial charge < -0.3 is 19.4 Å².